The molecule has 0 radical (unpaired) electrons. The molecule has 0 aromatic carbocycles. The van der Waals surface area contributed by atoms with Gasteiger partial charge in [0.2, 0.25) is 0 Å². The van der Waals surface area contributed by atoms with Crippen LogP contribution in [-0.2, 0) is 24.3 Å². The third kappa shape index (κ3) is 3.80. The summed E-state index contributed by atoms with van der Waals surface area (Å²) in [6.07, 6.45) is 7.21. The number of aromatic nitrogens is 5. The maximum absolute atomic E-state index is 5.21. The third-order valence-corrected chi connectivity index (χ3v) is 4.59. The van der Waals surface area contributed by atoms with Gasteiger partial charge < -0.3 is 4.74 Å². The van der Waals surface area contributed by atoms with Crippen molar-refractivity contribution in [3.05, 3.63) is 29.1 Å². The predicted molar refractivity (Wildman–Crippen MR) is 88.3 cm³/mol. The van der Waals surface area contributed by atoms with Crippen molar-refractivity contribution in [3.63, 3.8) is 0 Å². The Balaban J connectivity index is 1.77. The largest absolute Gasteiger partial charge is 0.377 e. The topological polar surface area (TPSA) is 57.8 Å². The van der Waals surface area contributed by atoms with E-state index in [2.05, 4.69) is 27.5 Å². The van der Waals surface area contributed by atoms with Gasteiger partial charge in [0, 0.05) is 25.8 Å². The molecule has 2 aromatic heterocycles. The van der Waals surface area contributed by atoms with Crippen molar-refractivity contribution in [2.45, 2.75) is 71.6 Å². The summed E-state index contributed by atoms with van der Waals surface area (Å²) in [6.45, 7) is 5.46. The molecule has 0 N–H and O–H groups in total. The summed E-state index contributed by atoms with van der Waals surface area (Å²) in [7, 11) is 1.69. The van der Waals surface area contributed by atoms with E-state index in [-0.39, 0.29) is 0 Å². The lowest BCUT2D eigenvalue weighted by Gasteiger charge is -2.23. The maximum Gasteiger partial charge on any atom is 0.176 e. The van der Waals surface area contributed by atoms with E-state index < -0.39 is 0 Å². The van der Waals surface area contributed by atoms with Crippen molar-refractivity contribution in [2.75, 3.05) is 7.11 Å². The van der Waals surface area contributed by atoms with Crippen molar-refractivity contribution in [1.29, 1.82) is 0 Å². The molecule has 0 unspecified atom stereocenters. The van der Waals surface area contributed by atoms with E-state index in [0.717, 1.165) is 30.3 Å². The summed E-state index contributed by atoms with van der Waals surface area (Å²) in [5, 5.41) is 9.26. The Labute approximate surface area is 137 Å². The van der Waals surface area contributed by atoms with E-state index >= 15 is 0 Å². The van der Waals surface area contributed by atoms with E-state index in [9.17, 15) is 0 Å². The lowest BCUT2D eigenvalue weighted by molar-refractivity contribution is 0.176. The Morgan fingerprint density at radius 2 is 1.96 bits per heavy atom. The number of methoxy groups -OCH3 is 1. The van der Waals surface area contributed by atoms with Crippen LogP contribution in [0.15, 0.2) is 6.07 Å². The van der Waals surface area contributed by atoms with Crippen molar-refractivity contribution >= 4 is 0 Å². The van der Waals surface area contributed by atoms with Crippen LogP contribution in [0.5, 0.6) is 0 Å². The van der Waals surface area contributed by atoms with Crippen molar-refractivity contribution < 1.29 is 4.74 Å². The van der Waals surface area contributed by atoms with Crippen LogP contribution in [0.3, 0.4) is 0 Å². The summed E-state index contributed by atoms with van der Waals surface area (Å²) in [5.74, 6) is 1.86. The molecule has 0 saturated heterocycles. The second kappa shape index (κ2) is 7.25. The highest BCUT2D eigenvalue weighted by Gasteiger charge is 2.21. The van der Waals surface area contributed by atoms with Crippen LogP contribution < -0.4 is 0 Å². The first-order chi connectivity index (χ1) is 11.2. The summed E-state index contributed by atoms with van der Waals surface area (Å²) in [4.78, 5) is 4.71. The fourth-order valence-electron chi connectivity index (χ4n) is 3.49. The average Bonchev–Trinajstić information content (AvgIpc) is 3.09. The van der Waals surface area contributed by atoms with Crippen LogP contribution in [0.2, 0.25) is 0 Å². The number of ether oxygens (including phenoxy) is 1. The van der Waals surface area contributed by atoms with E-state index in [1.54, 1.807) is 7.11 Å². The van der Waals surface area contributed by atoms with Crippen LogP contribution in [0.25, 0.3) is 0 Å². The minimum absolute atomic E-state index is 0.479. The molecule has 1 saturated carbocycles. The zero-order valence-corrected chi connectivity index (χ0v) is 14.5. The van der Waals surface area contributed by atoms with E-state index in [1.807, 2.05) is 6.92 Å². The molecule has 0 spiro atoms. The second-order valence-corrected chi connectivity index (χ2v) is 6.51. The first kappa shape index (κ1) is 16.2. The van der Waals surface area contributed by atoms with Gasteiger partial charge in [-0.1, -0.05) is 19.3 Å². The van der Waals surface area contributed by atoms with Crippen molar-refractivity contribution in [3.8, 4) is 0 Å². The summed E-state index contributed by atoms with van der Waals surface area (Å²) in [5.41, 5.74) is 2.26. The number of aryl methyl sites for hydroxylation is 4. The molecule has 1 aliphatic carbocycles. The van der Waals surface area contributed by atoms with E-state index in [4.69, 9.17) is 14.8 Å². The van der Waals surface area contributed by atoms with Gasteiger partial charge in [0.15, 0.2) is 5.82 Å². The van der Waals surface area contributed by atoms with Crippen LogP contribution >= 0.6 is 0 Å². The number of rotatable bonds is 6. The van der Waals surface area contributed by atoms with Crippen LogP contribution in [0, 0.1) is 13.8 Å². The van der Waals surface area contributed by atoms with Gasteiger partial charge in [0.1, 0.15) is 12.4 Å². The van der Waals surface area contributed by atoms with Gasteiger partial charge in [-0.25, -0.2) is 9.67 Å². The van der Waals surface area contributed by atoms with E-state index in [1.165, 1.54) is 37.8 Å². The van der Waals surface area contributed by atoms with Crippen LogP contribution in [0.1, 0.15) is 61.2 Å². The minimum Gasteiger partial charge on any atom is -0.377 e. The minimum atomic E-state index is 0.479. The fraction of sp³-hybridized carbons (Fsp3) is 0.706. The first-order valence-corrected chi connectivity index (χ1v) is 8.61. The lowest BCUT2D eigenvalue weighted by Crippen LogP contribution is -2.18. The van der Waals surface area contributed by atoms with Gasteiger partial charge in [-0.2, -0.15) is 10.2 Å². The molecule has 2 heterocycles. The summed E-state index contributed by atoms with van der Waals surface area (Å²) in [6, 6.07) is 2.61. The van der Waals surface area contributed by atoms with Gasteiger partial charge in [-0.3, -0.25) is 4.68 Å². The molecular weight excluding hydrogens is 290 g/mol. The quantitative estimate of drug-likeness (QED) is 0.822. The van der Waals surface area contributed by atoms with Crippen molar-refractivity contribution in [2.24, 2.45) is 0 Å². The standard InChI is InChI=1S/C17H27N5O/c1-13-11-14(2)21(19-13)10-9-17-18-16(12-23-3)20-22(17)15-7-5-4-6-8-15/h11,15H,4-10,12H2,1-3H3. The zero-order chi connectivity index (χ0) is 16.2. The number of hydrogen-bond donors (Lipinski definition) is 0. The molecule has 0 bridgehead atoms. The van der Waals surface area contributed by atoms with Crippen LogP contribution in [-0.4, -0.2) is 31.7 Å². The molecule has 3 rings (SSSR count). The number of hydrogen-bond acceptors (Lipinski definition) is 4. The molecule has 6 nitrogen and oxygen atoms in total. The van der Waals surface area contributed by atoms with Gasteiger partial charge in [-0.05, 0) is 32.8 Å². The smallest absolute Gasteiger partial charge is 0.176 e. The van der Waals surface area contributed by atoms with Gasteiger partial charge in [-0.15, -0.1) is 0 Å². The normalized spacial score (nSPS) is 16.1. The monoisotopic (exact) mass is 317 g/mol. The molecule has 0 aliphatic heterocycles. The van der Waals surface area contributed by atoms with Crippen LogP contribution in [0.4, 0.5) is 0 Å². The predicted octanol–water partition coefficient (Wildman–Crippen LogP) is 2.99. The molecule has 0 amide bonds. The molecule has 2 aromatic rings. The highest BCUT2D eigenvalue weighted by molar-refractivity contribution is 5.07. The Morgan fingerprint density at radius 3 is 2.61 bits per heavy atom. The fourth-order valence-corrected chi connectivity index (χ4v) is 3.49. The van der Waals surface area contributed by atoms with Gasteiger partial charge in [0.05, 0.1) is 11.7 Å². The molecule has 1 aliphatic rings. The second-order valence-electron chi connectivity index (χ2n) is 6.51. The third-order valence-electron chi connectivity index (χ3n) is 4.59. The zero-order valence-electron chi connectivity index (χ0n) is 14.5. The summed E-state index contributed by atoms with van der Waals surface area (Å²) >= 11 is 0. The molecule has 126 valence electrons. The highest BCUT2D eigenvalue weighted by Crippen LogP contribution is 2.28. The SMILES string of the molecule is COCc1nc(CCn2nc(C)cc2C)n(C2CCCCC2)n1. The highest BCUT2D eigenvalue weighted by atomic mass is 16.5. The average molecular weight is 317 g/mol. The lowest BCUT2D eigenvalue weighted by atomic mass is 9.95. The molecule has 0 atom stereocenters. The van der Waals surface area contributed by atoms with Crippen molar-refractivity contribution in [1.82, 2.24) is 24.5 Å². The number of nitrogens with zero attached hydrogens (tertiary/aromatic N) is 5. The summed E-state index contributed by atoms with van der Waals surface area (Å²) < 4.78 is 9.44. The Hall–Kier alpha value is -1.69. The molecule has 6 heteroatoms. The Bertz CT molecular complexity index is 639. The Morgan fingerprint density at radius 1 is 1.17 bits per heavy atom. The molecular formula is C17H27N5O. The van der Waals surface area contributed by atoms with Gasteiger partial charge >= 0.3 is 0 Å². The molecule has 1 fully saturated rings. The maximum atomic E-state index is 5.21. The van der Waals surface area contributed by atoms with Gasteiger partial charge in [0.25, 0.3) is 0 Å². The Kier molecular flexibility index (Phi) is 5.10. The first-order valence-electron chi connectivity index (χ1n) is 8.61. The van der Waals surface area contributed by atoms with E-state index in [0.29, 0.717) is 12.6 Å². The molecule has 23 heavy (non-hydrogen) atoms.